The molecule has 0 spiro atoms. The van der Waals surface area contributed by atoms with E-state index in [-0.39, 0.29) is 5.75 Å². The van der Waals surface area contributed by atoms with Crippen molar-refractivity contribution in [1.82, 2.24) is 0 Å². The number of hydrogen-bond acceptors (Lipinski definition) is 4. The highest BCUT2D eigenvalue weighted by atomic mass is 32.2. The predicted octanol–water partition coefficient (Wildman–Crippen LogP) is 1.55. The molecule has 1 aromatic carbocycles. The van der Waals surface area contributed by atoms with Crippen LogP contribution in [0.4, 0.5) is 5.69 Å². The van der Waals surface area contributed by atoms with E-state index in [1.807, 2.05) is 24.3 Å². The number of hydrogen-bond donors (Lipinski definition) is 1. The van der Waals surface area contributed by atoms with Crippen LogP contribution in [0.3, 0.4) is 0 Å². The van der Waals surface area contributed by atoms with Crippen LogP contribution < -0.4 is 5.73 Å². The molecule has 0 aliphatic rings. The van der Waals surface area contributed by atoms with Gasteiger partial charge in [0.15, 0.2) is 0 Å². The first-order valence-electron chi connectivity index (χ1n) is 4.58. The second-order valence-corrected chi connectivity index (χ2v) is 6.75. The number of anilines is 1. The van der Waals surface area contributed by atoms with Gasteiger partial charge < -0.3 is 5.73 Å². The van der Waals surface area contributed by atoms with Crippen LogP contribution in [0.15, 0.2) is 24.3 Å². The van der Waals surface area contributed by atoms with Gasteiger partial charge in [-0.2, -0.15) is 11.8 Å². The Kier molecular flexibility index (Phi) is 4.47. The Morgan fingerprint density at radius 1 is 1.33 bits per heavy atom. The maximum atomic E-state index is 10.9. The topological polar surface area (TPSA) is 60.2 Å². The molecular formula is C10H15NO2S2. The molecule has 0 atom stereocenters. The minimum Gasteiger partial charge on any atom is -0.398 e. The van der Waals surface area contributed by atoms with Crippen LogP contribution in [0.1, 0.15) is 5.56 Å². The molecule has 0 saturated heterocycles. The van der Waals surface area contributed by atoms with Crippen LogP contribution in [0.5, 0.6) is 0 Å². The zero-order valence-electron chi connectivity index (χ0n) is 8.64. The highest BCUT2D eigenvalue weighted by Crippen LogP contribution is 2.17. The Bertz CT molecular complexity index is 415. The largest absolute Gasteiger partial charge is 0.398 e. The summed E-state index contributed by atoms with van der Waals surface area (Å²) in [5, 5.41) is 0. The van der Waals surface area contributed by atoms with E-state index in [1.165, 1.54) is 6.26 Å². The van der Waals surface area contributed by atoms with Gasteiger partial charge in [-0.25, -0.2) is 8.42 Å². The number of nitrogen functional groups attached to an aromatic ring is 1. The molecule has 5 heteroatoms. The first-order chi connectivity index (χ1) is 6.99. The van der Waals surface area contributed by atoms with Crippen LogP contribution in [-0.2, 0) is 15.6 Å². The number of rotatable bonds is 5. The lowest BCUT2D eigenvalue weighted by molar-refractivity contribution is 0.603. The van der Waals surface area contributed by atoms with Crippen LogP contribution in [-0.4, -0.2) is 26.2 Å². The summed E-state index contributed by atoms with van der Waals surface area (Å²) in [7, 11) is -2.84. The summed E-state index contributed by atoms with van der Waals surface area (Å²) >= 11 is 1.59. The Morgan fingerprint density at radius 2 is 2.00 bits per heavy atom. The quantitative estimate of drug-likeness (QED) is 0.631. The van der Waals surface area contributed by atoms with Crippen molar-refractivity contribution in [2.45, 2.75) is 5.75 Å². The van der Waals surface area contributed by atoms with Crippen molar-refractivity contribution in [2.24, 2.45) is 0 Å². The lowest BCUT2D eigenvalue weighted by Crippen LogP contribution is -2.05. The van der Waals surface area contributed by atoms with E-state index in [4.69, 9.17) is 5.73 Å². The highest BCUT2D eigenvalue weighted by Gasteiger charge is 2.02. The van der Waals surface area contributed by atoms with Gasteiger partial charge in [0.1, 0.15) is 9.84 Å². The highest BCUT2D eigenvalue weighted by molar-refractivity contribution is 7.99. The number of thioether (sulfide) groups is 1. The fourth-order valence-electron chi connectivity index (χ4n) is 1.06. The maximum absolute atomic E-state index is 10.9. The Labute approximate surface area is 95.0 Å². The van der Waals surface area contributed by atoms with Crippen molar-refractivity contribution in [2.75, 3.05) is 23.5 Å². The fourth-order valence-corrected chi connectivity index (χ4v) is 3.37. The zero-order valence-corrected chi connectivity index (χ0v) is 10.3. The number of para-hydroxylation sites is 1. The molecule has 1 aromatic rings. The molecule has 2 N–H and O–H groups in total. The number of nitrogens with two attached hydrogens (primary N) is 1. The standard InChI is InChI=1S/C10H15NO2S2/c1-15(12,13)7-6-14-8-9-4-2-3-5-10(9)11/h2-5H,6-8,11H2,1H3. The van der Waals surface area contributed by atoms with Crippen molar-refractivity contribution in [1.29, 1.82) is 0 Å². The summed E-state index contributed by atoms with van der Waals surface area (Å²) in [6.07, 6.45) is 1.25. The molecule has 0 aliphatic heterocycles. The molecule has 0 heterocycles. The first-order valence-corrected chi connectivity index (χ1v) is 7.79. The van der Waals surface area contributed by atoms with Gasteiger partial charge in [-0.3, -0.25) is 0 Å². The third-order valence-corrected chi connectivity index (χ3v) is 4.12. The van der Waals surface area contributed by atoms with Gasteiger partial charge in [-0.1, -0.05) is 18.2 Å². The van der Waals surface area contributed by atoms with Crippen molar-refractivity contribution in [3.05, 3.63) is 29.8 Å². The second-order valence-electron chi connectivity index (χ2n) is 3.38. The normalized spacial score (nSPS) is 11.5. The number of benzene rings is 1. The van der Waals surface area contributed by atoms with Gasteiger partial charge in [0, 0.05) is 23.4 Å². The van der Waals surface area contributed by atoms with Crippen molar-refractivity contribution >= 4 is 27.3 Å². The van der Waals surface area contributed by atoms with Crippen molar-refractivity contribution in [3.8, 4) is 0 Å². The summed E-state index contributed by atoms with van der Waals surface area (Å²) in [4.78, 5) is 0. The molecule has 1 rings (SSSR count). The van der Waals surface area contributed by atoms with Gasteiger partial charge in [-0.05, 0) is 11.6 Å². The molecule has 15 heavy (non-hydrogen) atoms. The zero-order chi connectivity index (χ0) is 11.3. The second kappa shape index (κ2) is 5.42. The fraction of sp³-hybridized carbons (Fsp3) is 0.400. The smallest absolute Gasteiger partial charge is 0.148 e. The first kappa shape index (κ1) is 12.4. The molecule has 0 fully saturated rings. The molecule has 0 bridgehead atoms. The van der Waals surface area contributed by atoms with Crippen molar-refractivity contribution < 1.29 is 8.42 Å². The van der Waals surface area contributed by atoms with E-state index < -0.39 is 9.84 Å². The molecule has 0 saturated carbocycles. The average molecular weight is 245 g/mol. The van der Waals surface area contributed by atoms with E-state index in [2.05, 4.69) is 0 Å². The van der Waals surface area contributed by atoms with Gasteiger partial charge in [0.25, 0.3) is 0 Å². The predicted molar refractivity (Wildman–Crippen MR) is 66.7 cm³/mol. The molecule has 0 radical (unpaired) electrons. The molecule has 0 aromatic heterocycles. The molecular weight excluding hydrogens is 230 g/mol. The minimum absolute atomic E-state index is 0.227. The van der Waals surface area contributed by atoms with Gasteiger partial charge in [0.05, 0.1) is 5.75 Å². The lowest BCUT2D eigenvalue weighted by atomic mass is 10.2. The van der Waals surface area contributed by atoms with E-state index in [0.717, 1.165) is 17.0 Å². The summed E-state index contributed by atoms with van der Waals surface area (Å²) in [6.45, 7) is 0. The van der Waals surface area contributed by atoms with E-state index in [1.54, 1.807) is 11.8 Å². The average Bonchev–Trinajstić information content (AvgIpc) is 2.13. The summed E-state index contributed by atoms with van der Waals surface area (Å²) in [5.74, 6) is 1.61. The van der Waals surface area contributed by atoms with E-state index in [9.17, 15) is 8.42 Å². The monoisotopic (exact) mass is 245 g/mol. The summed E-state index contributed by atoms with van der Waals surface area (Å²) in [6, 6.07) is 7.64. The molecule has 0 amide bonds. The van der Waals surface area contributed by atoms with Crippen LogP contribution >= 0.6 is 11.8 Å². The Morgan fingerprint density at radius 3 is 2.60 bits per heavy atom. The molecule has 0 unspecified atom stereocenters. The van der Waals surface area contributed by atoms with Crippen LogP contribution in [0.25, 0.3) is 0 Å². The summed E-state index contributed by atoms with van der Waals surface area (Å²) in [5.41, 5.74) is 7.59. The maximum Gasteiger partial charge on any atom is 0.148 e. The SMILES string of the molecule is CS(=O)(=O)CCSCc1ccccc1N. The Hall–Kier alpha value is -0.680. The Balaban J connectivity index is 2.36. The third kappa shape index (κ3) is 5.09. The lowest BCUT2D eigenvalue weighted by Gasteiger charge is -2.04. The molecule has 0 aliphatic carbocycles. The number of sulfone groups is 1. The van der Waals surface area contributed by atoms with Gasteiger partial charge >= 0.3 is 0 Å². The molecule has 3 nitrogen and oxygen atoms in total. The summed E-state index contributed by atoms with van der Waals surface area (Å²) < 4.78 is 21.7. The van der Waals surface area contributed by atoms with Crippen LogP contribution in [0.2, 0.25) is 0 Å². The van der Waals surface area contributed by atoms with E-state index in [0.29, 0.717) is 5.75 Å². The minimum atomic E-state index is -2.84. The molecule has 84 valence electrons. The van der Waals surface area contributed by atoms with E-state index >= 15 is 0 Å². The van der Waals surface area contributed by atoms with Crippen LogP contribution in [0, 0.1) is 0 Å². The van der Waals surface area contributed by atoms with Crippen molar-refractivity contribution in [3.63, 3.8) is 0 Å². The third-order valence-electron chi connectivity index (χ3n) is 1.91. The van der Waals surface area contributed by atoms with Gasteiger partial charge in [-0.15, -0.1) is 0 Å². The van der Waals surface area contributed by atoms with Gasteiger partial charge in [0.2, 0.25) is 0 Å².